The van der Waals surface area contributed by atoms with Gasteiger partial charge in [0.1, 0.15) is 18.0 Å². The van der Waals surface area contributed by atoms with E-state index in [1.165, 1.54) is 37.8 Å². The van der Waals surface area contributed by atoms with Crippen LogP contribution in [0.25, 0.3) is 0 Å². The number of nitrogens with one attached hydrogen (secondary N) is 2. The molecule has 2 aromatic rings. The molecule has 1 aliphatic rings. The predicted molar refractivity (Wildman–Crippen MR) is 117 cm³/mol. The molecular formula is C21H31FN6S. The molecule has 0 aliphatic heterocycles. The molecule has 0 radical (unpaired) electrons. The van der Waals surface area contributed by atoms with Gasteiger partial charge < -0.3 is 15.2 Å². The standard InChI is InChI=1S/C21H31FN6S/c1-2-20-27-25-16-28(20)14-13-24-21(26-18-6-3-4-7-18)23-12-5-15-29-19-10-8-17(22)9-11-19/h8-11,16,18H,2-7,12-15H2,1H3,(H2,23,24,26). The first kappa shape index (κ1) is 21.6. The first-order chi connectivity index (χ1) is 14.2. The number of rotatable bonds is 10. The Morgan fingerprint density at radius 1 is 1.28 bits per heavy atom. The molecule has 29 heavy (non-hydrogen) atoms. The zero-order chi connectivity index (χ0) is 20.3. The normalized spacial score (nSPS) is 15.0. The lowest BCUT2D eigenvalue weighted by atomic mass is 10.2. The third-order valence-corrected chi connectivity index (χ3v) is 6.11. The summed E-state index contributed by atoms with van der Waals surface area (Å²) in [7, 11) is 0. The van der Waals surface area contributed by atoms with E-state index in [0.29, 0.717) is 6.04 Å². The van der Waals surface area contributed by atoms with Gasteiger partial charge in [-0.3, -0.25) is 4.99 Å². The van der Waals surface area contributed by atoms with Gasteiger partial charge in [0.2, 0.25) is 0 Å². The van der Waals surface area contributed by atoms with Crippen LogP contribution in [0.5, 0.6) is 0 Å². The summed E-state index contributed by atoms with van der Waals surface area (Å²) in [5, 5.41) is 15.2. The van der Waals surface area contributed by atoms with Crippen LogP contribution < -0.4 is 10.6 Å². The molecule has 3 rings (SSSR count). The number of hydrogen-bond acceptors (Lipinski definition) is 4. The van der Waals surface area contributed by atoms with E-state index >= 15 is 0 Å². The third kappa shape index (κ3) is 7.34. The molecule has 0 saturated heterocycles. The molecule has 1 aromatic carbocycles. The van der Waals surface area contributed by atoms with Crippen LogP contribution >= 0.6 is 11.8 Å². The second kappa shape index (κ2) is 11.8. The highest BCUT2D eigenvalue weighted by Gasteiger charge is 2.16. The van der Waals surface area contributed by atoms with Gasteiger partial charge in [-0.1, -0.05) is 19.8 Å². The van der Waals surface area contributed by atoms with Crippen molar-refractivity contribution >= 4 is 17.7 Å². The smallest absolute Gasteiger partial charge is 0.191 e. The molecule has 1 aromatic heterocycles. The Balaban J connectivity index is 1.44. The minimum atomic E-state index is -0.190. The van der Waals surface area contributed by atoms with Crippen molar-refractivity contribution in [3.05, 3.63) is 42.2 Å². The lowest BCUT2D eigenvalue weighted by Crippen LogP contribution is -2.43. The van der Waals surface area contributed by atoms with Crippen LogP contribution in [0.1, 0.15) is 44.9 Å². The Kier molecular flexibility index (Phi) is 8.80. The number of halogens is 1. The van der Waals surface area contributed by atoms with Gasteiger partial charge in [-0.25, -0.2) is 4.39 Å². The minimum absolute atomic E-state index is 0.190. The van der Waals surface area contributed by atoms with E-state index in [-0.39, 0.29) is 5.82 Å². The fourth-order valence-electron chi connectivity index (χ4n) is 3.43. The van der Waals surface area contributed by atoms with E-state index in [9.17, 15) is 4.39 Å². The molecule has 0 amide bonds. The second-order valence-corrected chi connectivity index (χ2v) is 8.40. The SMILES string of the molecule is CCc1nncn1CCNC(=NCCCSc1ccc(F)cc1)NC1CCCC1. The van der Waals surface area contributed by atoms with Crippen molar-refractivity contribution in [2.24, 2.45) is 4.99 Å². The van der Waals surface area contributed by atoms with E-state index < -0.39 is 0 Å². The number of benzene rings is 1. The van der Waals surface area contributed by atoms with Crippen LogP contribution in [-0.2, 0) is 13.0 Å². The van der Waals surface area contributed by atoms with Gasteiger partial charge in [0.25, 0.3) is 0 Å². The maximum atomic E-state index is 13.0. The Morgan fingerprint density at radius 2 is 2.07 bits per heavy atom. The first-order valence-corrected chi connectivity index (χ1v) is 11.5. The van der Waals surface area contributed by atoms with Crippen molar-refractivity contribution in [2.75, 3.05) is 18.8 Å². The van der Waals surface area contributed by atoms with Crippen molar-refractivity contribution < 1.29 is 4.39 Å². The summed E-state index contributed by atoms with van der Waals surface area (Å²) in [6.45, 7) is 4.46. The van der Waals surface area contributed by atoms with Crippen LogP contribution in [0.4, 0.5) is 4.39 Å². The summed E-state index contributed by atoms with van der Waals surface area (Å²) < 4.78 is 15.1. The highest BCUT2D eigenvalue weighted by molar-refractivity contribution is 7.99. The Labute approximate surface area is 176 Å². The number of guanidine groups is 1. The maximum absolute atomic E-state index is 13.0. The van der Waals surface area contributed by atoms with E-state index in [1.54, 1.807) is 18.1 Å². The average Bonchev–Trinajstić information content (AvgIpc) is 3.40. The average molecular weight is 419 g/mol. The molecule has 0 atom stereocenters. The number of hydrogen-bond donors (Lipinski definition) is 2. The first-order valence-electron chi connectivity index (χ1n) is 10.5. The van der Waals surface area contributed by atoms with Crippen LogP contribution in [0.3, 0.4) is 0 Å². The number of thioether (sulfide) groups is 1. The quantitative estimate of drug-likeness (QED) is 0.267. The molecule has 2 N–H and O–H groups in total. The largest absolute Gasteiger partial charge is 0.355 e. The molecule has 6 nitrogen and oxygen atoms in total. The molecule has 0 unspecified atom stereocenters. The summed E-state index contributed by atoms with van der Waals surface area (Å²) in [4.78, 5) is 5.87. The van der Waals surface area contributed by atoms with Gasteiger partial charge in [0.15, 0.2) is 5.96 Å². The van der Waals surface area contributed by atoms with Crippen LogP contribution in [0.2, 0.25) is 0 Å². The second-order valence-electron chi connectivity index (χ2n) is 7.23. The van der Waals surface area contributed by atoms with Gasteiger partial charge in [-0.15, -0.1) is 22.0 Å². The summed E-state index contributed by atoms with van der Waals surface area (Å²) >= 11 is 1.74. The van der Waals surface area contributed by atoms with E-state index in [2.05, 4.69) is 32.3 Å². The minimum Gasteiger partial charge on any atom is -0.355 e. The Morgan fingerprint density at radius 3 is 2.83 bits per heavy atom. The molecule has 1 aliphatic carbocycles. The van der Waals surface area contributed by atoms with Crippen LogP contribution in [0, 0.1) is 5.82 Å². The zero-order valence-electron chi connectivity index (χ0n) is 17.1. The van der Waals surface area contributed by atoms with Gasteiger partial charge in [0, 0.05) is 37.0 Å². The fraction of sp³-hybridized carbons (Fsp3) is 0.571. The fourth-order valence-corrected chi connectivity index (χ4v) is 4.26. The van der Waals surface area contributed by atoms with Gasteiger partial charge in [0.05, 0.1) is 0 Å². The van der Waals surface area contributed by atoms with Crippen LogP contribution in [-0.4, -0.2) is 45.6 Å². The molecule has 158 valence electrons. The van der Waals surface area contributed by atoms with Crippen molar-refractivity contribution in [1.29, 1.82) is 0 Å². The lowest BCUT2D eigenvalue weighted by Gasteiger charge is -2.18. The highest BCUT2D eigenvalue weighted by Crippen LogP contribution is 2.19. The van der Waals surface area contributed by atoms with Gasteiger partial charge in [-0.2, -0.15) is 0 Å². The van der Waals surface area contributed by atoms with Crippen molar-refractivity contribution in [3.8, 4) is 0 Å². The summed E-state index contributed by atoms with van der Waals surface area (Å²) in [5.74, 6) is 2.68. The molecule has 1 fully saturated rings. The Bertz CT molecular complexity index is 755. The maximum Gasteiger partial charge on any atom is 0.191 e. The molecule has 0 spiro atoms. The van der Waals surface area contributed by atoms with E-state index in [0.717, 1.165) is 54.9 Å². The summed E-state index contributed by atoms with van der Waals surface area (Å²) in [5.41, 5.74) is 0. The monoisotopic (exact) mass is 418 g/mol. The van der Waals surface area contributed by atoms with E-state index in [4.69, 9.17) is 4.99 Å². The molecule has 8 heteroatoms. The Hall–Kier alpha value is -2.09. The predicted octanol–water partition coefficient (Wildman–Crippen LogP) is 3.64. The molecule has 1 heterocycles. The molecular weight excluding hydrogens is 387 g/mol. The summed E-state index contributed by atoms with van der Waals surface area (Å²) in [6.07, 6.45) is 8.66. The van der Waals surface area contributed by atoms with Gasteiger partial charge in [-0.05, 0) is 49.3 Å². The van der Waals surface area contributed by atoms with Crippen molar-refractivity contribution in [3.63, 3.8) is 0 Å². The van der Waals surface area contributed by atoms with Crippen molar-refractivity contribution in [1.82, 2.24) is 25.4 Å². The number of aryl methyl sites for hydroxylation is 1. The van der Waals surface area contributed by atoms with Gasteiger partial charge >= 0.3 is 0 Å². The lowest BCUT2D eigenvalue weighted by molar-refractivity contribution is 0.592. The van der Waals surface area contributed by atoms with Crippen molar-refractivity contribution in [2.45, 2.75) is 62.9 Å². The van der Waals surface area contributed by atoms with Crippen LogP contribution in [0.15, 0.2) is 40.5 Å². The third-order valence-electron chi connectivity index (χ3n) is 5.01. The van der Waals surface area contributed by atoms with E-state index in [1.807, 2.05) is 12.1 Å². The highest BCUT2D eigenvalue weighted by atomic mass is 32.2. The topological polar surface area (TPSA) is 67.1 Å². The molecule has 1 saturated carbocycles. The number of aliphatic imine (C=N–C) groups is 1. The summed E-state index contributed by atoms with van der Waals surface area (Å²) in [6, 6.07) is 7.19. The zero-order valence-corrected chi connectivity index (χ0v) is 17.9. The number of aromatic nitrogens is 3. The number of nitrogens with zero attached hydrogens (tertiary/aromatic N) is 4. The molecule has 0 bridgehead atoms.